The van der Waals surface area contributed by atoms with E-state index in [0.717, 1.165) is 6.07 Å². The van der Waals surface area contributed by atoms with E-state index >= 15 is 0 Å². The topological polar surface area (TPSA) is 42.1 Å². The fourth-order valence-electron chi connectivity index (χ4n) is 1.38. The van der Waals surface area contributed by atoms with Gasteiger partial charge >= 0.3 is 0 Å². The lowest BCUT2D eigenvalue weighted by molar-refractivity contribution is 0.397. The van der Waals surface area contributed by atoms with Crippen molar-refractivity contribution in [3.63, 3.8) is 0 Å². The monoisotopic (exact) mass is 229 g/mol. The van der Waals surface area contributed by atoms with Gasteiger partial charge in [0.15, 0.2) is 28.8 Å². The van der Waals surface area contributed by atoms with E-state index in [1.165, 1.54) is 7.11 Å². The van der Waals surface area contributed by atoms with E-state index in [9.17, 15) is 18.0 Å². The number of hydrogen-bond acceptors (Lipinski definition) is 2. The van der Waals surface area contributed by atoms with Crippen molar-refractivity contribution < 1.29 is 17.9 Å². The Kier molecular flexibility index (Phi) is 2.34. The zero-order valence-corrected chi connectivity index (χ0v) is 8.11. The molecule has 1 heterocycles. The van der Waals surface area contributed by atoms with Gasteiger partial charge in [-0.05, 0) is 6.07 Å². The number of rotatable bonds is 1. The second kappa shape index (κ2) is 3.55. The number of H-pyrrole nitrogens is 1. The maximum absolute atomic E-state index is 13.3. The average Bonchev–Trinajstić information content (AvgIpc) is 2.27. The molecule has 0 aliphatic rings. The molecule has 0 aliphatic heterocycles. The summed E-state index contributed by atoms with van der Waals surface area (Å²) >= 11 is 0. The van der Waals surface area contributed by atoms with Crippen molar-refractivity contribution in [1.29, 1.82) is 0 Å². The predicted molar refractivity (Wildman–Crippen MR) is 51.0 cm³/mol. The van der Waals surface area contributed by atoms with Crippen molar-refractivity contribution in [2.75, 3.05) is 7.11 Å². The van der Waals surface area contributed by atoms with E-state index in [1.807, 2.05) is 0 Å². The molecule has 0 atom stereocenters. The van der Waals surface area contributed by atoms with Gasteiger partial charge in [0, 0.05) is 6.07 Å². The van der Waals surface area contributed by atoms with Gasteiger partial charge in [-0.25, -0.2) is 13.2 Å². The minimum atomic E-state index is -1.63. The fraction of sp³-hybridized carbons (Fsp3) is 0.100. The Balaban J connectivity index is 2.96. The summed E-state index contributed by atoms with van der Waals surface area (Å²) in [6, 6.07) is 1.67. The van der Waals surface area contributed by atoms with Crippen molar-refractivity contribution in [3.05, 3.63) is 39.8 Å². The highest BCUT2D eigenvalue weighted by molar-refractivity contribution is 5.79. The Bertz CT molecular complexity index is 621. The first kappa shape index (κ1) is 10.5. The number of fused-ring (bicyclic) bond motifs is 1. The molecule has 1 aromatic heterocycles. The number of aromatic amines is 1. The van der Waals surface area contributed by atoms with Crippen molar-refractivity contribution in [2.24, 2.45) is 0 Å². The molecule has 3 nitrogen and oxygen atoms in total. The first-order valence-corrected chi connectivity index (χ1v) is 4.29. The average molecular weight is 229 g/mol. The Morgan fingerprint density at radius 2 is 1.88 bits per heavy atom. The van der Waals surface area contributed by atoms with Crippen LogP contribution in [-0.4, -0.2) is 12.1 Å². The summed E-state index contributed by atoms with van der Waals surface area (Å²) in [6.07, 6.45) is 0. The highest BCUT2D eigenvalue weighted by Crippen LogP contribution is 2.20. The molecule has 0 aliphatic carbocycles. The molecule has 0 unspecified atom stereocenters. The summed E-state index contributed by atoms with van der Waals surface area (Å²) in [5.74, 6) is -4.49. The lowest BCUT2D eigenvalue weighted by atomic mass is 10.2. The molecular weight excluding hydrogens is 223 g/mol. The number of aromatic nitrogens is 1. The van der Waals surface area contributed by atoms with Gasteiger partial charge in [-0.2, -0.15) is 0 Å². The Hall–Kier alpha value is -1.98. The first-order chi connectivity index (χ1) is 7.54. The van der Waals surface area contributed by atoms with Gasteiger partial charge in [0.2, 0.25) is 0 Å². The van der Waals surface area contributed by atoms with E-state index in [1.54, 1.807) is 0 Å². The van der Waals surface area contributed by atoms with Crippen LogP contribution in [0.2, 0.25) is 0 Å². The molecule has 0 fully saturated rings. The van der Waals surface area contributed by atoms with Gasteiger partial charge in [0.25, 0.3) is 0 Å². The zero-order valence-electron chi connectivity index (χ0n) is 8.11. The van der Waals surface area contributed by atoms with Gasteiger partial charge in [0.05, 0.1) is 18.0 Å². The molecule has 84 valence electrons. The van der Waals surface area contributed by atoms with Crippen molar-refractivity contribution in [1.82, 2.24) is 4.98 Å². The van der Waals surface area contributed by atoms with Gasteiger partial charge in [-0.1, -0.05) is 0 Å². The molecule has 0 amide bonds. The molecule has 6 heteroatoms. The molecule has 16 heavy (non-hydrogen) atoms. The summed E-state index contributed by atoms with van der Waals surface area (Å²) in [6.45, 7) is 0. The third-order valence-corrected chi connectivity index (χ3v) is 2.16. The quantitative estimate of drug-likeness (QED) is 0.759. The third-order valence-electron chi connectivity index (χ3n) is 2.16. The molecule has 1 aromatic carbocycles. The van der Waals surface area contributed by atoms with Crippen LogP contribution >= 0.6 is 0 Å². The largest absolute Gasteiger partial charge is 0.482 e. The van der Waals surface area contributed by atoms with Crippen LogP contribution in [0, 0.1) is 17.5 Å². The Morgan fingerprint density at radius 3 is 2.50 bits per heavy atom. The second-order valence-corrected chi connectivity index (χ2v) is 3.11. The number of nitrogens with one attached hydrogen (secondary N) is 1. The smallest absolute Gasteiger partial charge is 0.196 e. The number of halogens is 3. The van der Waals surface area contributed by atoms with Crippen molar-refractivity contribution in [3.8, 4) is 5.88 Å². The summed E-state index contributed by atoms with van der Waals surface area (Å²) in [5, 5.41) is -0.266. The number of pyridine rings is 1. The van der Waals surface area contributed by atoms with Crippen LogP contribution in [0.25, 0.3) is 10.9 Å². The van der Waals surface area contributed by atoms with E-state index in [-0.39, 0.29) is 11.3 Å². The van der Waals surface area contributed by atoms with Gasteiger partial charge in [-0.15, -0.1) is 0 Å². The Labute approximate surface area is 87.5 Å². The standard InChI is InChI=1S/C10H6F3NO2/c1-16-7-3-6(15)4-2-5(11)8(12)9(13)10(4)14-7/h2-3H,1H3,(H,14,15). The molecular formula is C10H6F3NO2. The lowest BCUT2D eigenvalue weighted by Gasteiger charge is -2.04. The highest BCUT2D eigenvalue weighted by atomic mass is 19.2. The van der Waals surface area contributed by atoms with Gasteiger partial charge in [0.1, 0.15) is 0 Å². The molecule has 2 rings (SSSR count). The Morgan fingerprint density at radius 1 is 1.19 bits per heavy atom. The predicted octanol–water partition coefficient (Wildman–Crippen LogP) is 1.95. The van der Waals surface area contributed by atoms with Crippen LogP contribution in [0.3, 0.4) is 0 Å². The van der Waals surface area contributed by atoms with Crippen molar-refractivity contribution in [2.45, 2.75) is 0 Å². The minimum Gasteiger partial charge on any atom is -0.482 e. The highest BCUT2D eigenvalue weighted by Gasteiger charge is 2.16. The van der Waals surface area contributed by atoms with Crippen LogP contribution in [0.4, 0.5) is 13.2 Å². The number of ether oxygens (including phenoxy) is 1. The number of methoxy groups -OCH3 is 1. The second-order valence-electron chi connectivity index (χ2n) is 3.11. The van der Waals surface area contributed by atoms with E-state index in [2.05, 4.69) is 9.72 Å². The molecule has 0 spiro atoms. The SMILES string of the molecule is COc1cc(=O)c2cc(F)c(F)c(F)c2[nH]1. The van der Waals surface area contributed by atoms with Gasteiger partial charge < -0.3 is 9.72 Å². The maximum Gasteiger partial charge on any atom is 0.196 e. The number of hydrogen-bond donors (Lipinski definition) is 1. The molecule has 0 bridgehead atoms. The molecule has 0 saturated heterocycles. The lowest BCUT2D eigenvalue weighted by Crippen LogP contribution is -2.07. The third kappa shape index (κ3) is 1.42. The molecule has 1 N–H and O–H groups in total. The summed E-state index contributed by atoms with van der Waals surface area (Å²) in [5.41, 5.74) is -1.06. The summed E-state index contributed by atoms with van der Waals surface area (Å²) < 4.78 is 43.8. The normalized spacial score (nSPS) is 10.8. The van der Waals surface area contributed by atoms with Crippen LogP contribution in [0.15, 0.2) is 16.9 Å². The summed E-state index contributed by atoms with van der Waals surface area (Å²) in [4.78, 5) is 13.8. The zero-order chi connectivity index (χ0) is 11.9. The molecule has 2 aromatic rings. The minimum absolute atomic E-state index is 0.0255. The van der Waals surface area contributed by atoms with E-state index < -0.39 is 28.4 Å². The van der Waals surface area contributed by atoms with Crippen LogP contribution in [-0.2, 0) is 0 Å². The van der Waals surface area contributed by atoms with Gasteiger partial charge in [-0.3, -0.25) is 4.79 Å². The number of benzene rings is 1. The maximum atomic E-state index is 13.3. The van der Waals surface area contributed by atoms with E-state index in [4.69, 9.17) is 0 Å². The van der Waals surface area contributed by atoms with Crippen LogP contribution in [0.1, 0.15) is 0 Å². The molecule has 0 radical (unpaired) electrons. The van der Waals surface area contributed by atoms with Crippen LogP contribution in [0.5, 0.6) is 5.88 Å². The van der Waals surface area contributed by atoms with Crippen molar-refractivity contribution >= 4 is 10.9 Å². The van der Waals surface area contributed by atoms with E-state index in [0.29, 0.717) is 6.07 Å². The summed E-state index contributed by atoms with van der Waals surface area (Å²) in [7, 11) is 1.26. The first-order valence-electron chi connectivity index (χ1n) is 4.29. The molecule has 0 saturated carbocycles. The fourth-order valence-corrected chi connectivity index (χ4v) is 1.38. The van der Waals surface area contributed by atoms with Crippen LogP contribution < -0.4 is 10.2 Å².